The maximum Gasteiger partial charge on any atom is 0.282 e. The number of hydrogen-bond acceptors (Lipinski definition) is 6. The van der Waals surface area contributed by atoms with Gasteiger partial charge in [0, 0.05) is 14.9 Å². The molecular weight excluding hydrogens is 550 g/mol. The predicted octanol–water partition coefficient (Wildman–Crippen LogP) is 6.72. The van der Waals surface area contributed by atoms with E-state index in [1.807, 2.05) is 30.3 Å². The van der Waals surface area contributed by atoms with E-state index < -0.39 is 0 Å². The quantitative estimate of drug-likeness (QED) is 0.211. The molecule has 0 bridgehead atoms. The highest BCUT2D eigenvalue weighted by Gasteiger charge is 2.20. The molecular formula is C29H24BrN3O3S. The minimum Gasteiger partial charge on any atom is -0.493 e. The Balaban J connectivity index is 1.28. The fourth-order valence-electron chi connectivity index (χ4n) is 4.84. The second kappa shape index (κ2) is 10.1. The Kier molecular flexibility index (Phi) is 6.52. The summed E-state index contributed by atoms with van der Waals surface area (Å²) in [4.78, 5) is 19.8. The minimum atomic E-state index is -0.126. The molecule has 0 fully saturated rings. The third-order valence-corrected chi connectivity index (χ3v) is 8.61. The van der Waals surface area contributed by atoms with Gasteiger partial charge in [0.1, 0.15) is 17.8 Å². The second-order valence-corrected chi connectivity index (χ2v) is 10.9. The lowest BCUT2D eigenvalue weighted by Gasteiger charge is -2.14. The van der Waals surface area contributed by atoms with Crippen molar-refractivity contribution in [2.45, 2.75) is 32.3 Å². The number of fused-ring (bicyclic) bond motifs is 4. The largest absolute Gasteiger partial charge is 0.493 e. The second-order valence-electron chi connectivity index (χ2n) is 8.98. The number of methoxy groups -OCH3 is 1. The molecule has 5 aromatic rings. The van der Waals surface area contributed by atoms with Gasteiger partial charge in [0.05, 0.1) is 18.7 Å². The highest BCUT2D eigenvalue weighted by Crippen LogP contribution is 2.35. The zero-order valence-corrected chi connectivity index (χ0v) is 22.6. The molecule has 0 radical (unpaired) electrons. The summed E-state index contributed by atoms with van der Waals surface area (Å²) in [6, 6.07) is 18.2. The van der Waals surface area contributed by atoms with Gasteiger partial charge in [-0.15, -0.1) is 11.3 Å². The first kappa shape index (κ1) is 23.9. The van der Waals surface area contributed by atoms with Crippen LogP contribution in [0.5, 0.6) is 11.5 Å². The molecule has 37 heavy (non-hydrogen) atoms. The third-order valence-electron chi connectivity index (χ3n) is 6.73. The monoisotopic (exact) mass is 573 g/mol. The van der Waals surface area contributed by atoms with Crippen LogP contribution in [0.15, 0.2) is 75.3 Å². The molecule has 0 amide bonds. The molecule has 6 nitrogen and oxygen atoms in total. The van der Waals surface area contributed by atoms with Gasteiger partial charge in [-0.05, 0) is 75.6 Å². The van der Waals surface area contributed by atoms with Gasteiger partial charge in [0.15, 0.2) is 11.5 Å². The number of aryl methyl sites for hydroxylation is 2. The van der Waals surface area contributed by atoms with Crippen molar-refractivity contribution in [2.24, 2.45) is 5.10 Å². The molecule has 0 atom stereocenters. The first-order chi connectivity index (χ1) is 18.1. The highest BCUT2D eigenvalue weighted by atomic mass is 79.9. The van der Waals surface area contributed by atoms with Crippen molar-refractivity contribution in [3.63, 3.8) is 0 Å². The lowest BCUT2D eigenvalue weighted by Crippen LogP contribution is -2.18. The summed E-state index contributed by atoms with van der Waals surface area (Å²) in [5.41, 5.74) is 2.89. The molecule has 6 rings (SSSR count). The Bertz CT molecular complexity index is 1720. The minimum absolute atomic E-state index is 0.126. The molecule has 2 aromatic heterocycles. The van der Waals surface area contributed by atoms with Crippen LogP contribution in [-0.2, 0) is 19.4 Å². The zero-order valence-electron chi connectivity index (χ0n) is 20.2. The Hall–Kier alpha value is -3.49. The summed E-state index contributed by atoms with van der Waals surface area (Å²) in [6.07, 6.45) is 7.37. The van der Waals surface area contributed by atoms with Crippen molar-refractivity contribution in [3.05, 3.63) is 97.3 Å². The SMILES string of the molecule is COc1cc(/C=N\n2cnc3sc4c(c3c2=O)CCCC4)c(Br)cc1OCc1cccc2ccccc12. The summed E-state index contributed by atoms with van der Waals surface area (Å²) in [5.74, 6) is 1.20. The molecule has 0 saturated heterocycles. The Morgan fingerprint density at radius 2 is 1.95 bits per heavy atom. The molecule has 3 aromatic carbocycles. The number of aromatic nitrogens is 2. The Labute approximate surface area is 226 Å². The van der Waals surface area contributed by atoms with Crippen LogP contribution in [0.4, 0.5) is 0 Å². The van der Waals surface area contributed by atoms with Crippen LogP contribution >= 0.6 is 27.3 Å². The maximum absolute atomic E-state index is 13.2. The highest BCUT2D eigenvalue weighted by molar-refractivity contribution is 9.10. The molecule has 1 aliphatic rings. The summed E-state index contributed by atoms with van der Waals surface area (Å²) in [5, 5.41) is 7.50. The van der Waals surface area contributed by atoms with E-state index in [0.717, 1.165) is 50.6 Å². The molecule has 0 saturated carbocycles. The zero-order chi connectivity index (χ0) is 25.4. The van der Waals surface area contributed by atoms with E-state index in [2.05, 4.69) is 50.3 Å². The molecule has 186 valence electrons. The van der Waals surface area contributed by atoms with E-state index in [9.17, 15) is 4.79 Å². The molecule has 8 heteroatoms. The van der Waals surface area contributed by atoms with Crippen LogP contribution in [-0.4, -0.2) is 23.0 Å². The standard InChI is InChI=1S/C29H24BrN3O3S/c1-35-24-13-20(15-32-33-17-31-28-27(29(33)34)22-11-4-5-12-26(22)37-28)23(30)14-25(24)36-16-19-9-6-8-18-7-2-3-10-21(18)19/h2-3,6-10,13-15,17H,4-5,11-12,16H2,1H3/b32-15-. The lowest BCUT2D eigenvalue weighted by atomic mass is 9.97. The number of hydrogen-bond donors (Lipinski definition) is 0. The van der Waals surface area contributed by atoms with Crippen LogP contribution in [0.1, 0.15) is 34.4 Å². The average molecular weight is 575 g/mol. The fourth-order valence-corrected chi connectivity index (χ4v) is 6.48. The molecule has 0 N–H and O–H groups in total. The lowest BCUT2D eigenvalue weighted by molar-refractivity contribution is 0.285. The van der Waals surface area contributed by atoms with Gasteiger partial charge in [-0.3, -0.25) is 4.79 Å². The van der Waals surface area contributed by atoms with Crippen molar-refractivity contribution < 1.29 is 9.47 Å². The first-order valence-corrected chi connectivity index (χ1v) is 13.8. The van der Waals surface area contributed by atoms with E-state index in [-0.39, 0.29) is 5.56 Å². The number of rotatable bonds is 6. The summed E-state index contributed by atoms with van der Waals surface area (Å²) in [6.45, 7) is 0.406. The number of halogens is 1. The third kappa shape index (κ3) is 4.55. The van der Waals surface area contributed by atoms with Crippen molar-refractivity contribution in [3.8, 4) is 11.5 Å². The summed E-state index contributed by atoms with van der Waals surface area (Å²) >= 11 is 5.26. The van der Waals surface area contributed by atoms with Crippen molar-refractivity contribution in [2.75, 3.05) is 7.11 Å². The molecule has 2 heterocycles. The van der Waals surface area contributed by atoms with Crippen molar-refractivity contribution in [1.29, 1.82) is 0 Å². The van der Waals surface area contributed by atoms with E-state index in [0.29, 0.717) is 23.5 Å². The van der Waals surface area contributed by atoms with Gasteiger partial charge in [-0.2, -0.15) is 9.78 Å². The number of ether oxygens (including phenoxy) is 2. The van der Waals surface area contributed by atoms with Crippen LogP contribution in [0, 0.1) is 0 Å². The van der Waals surface area contributed by atoms with Crippen molar-refractivity contribution in [1.82, 2.24) is 9.66 Å². The summed E-state index contributed by atoms with van der Waals surface area (Å²) in [7, 11) is 1.61. The first-order valence-electron chi connectivity index (χ1n) is 12.2. The Morgan fingerprint density at radius 3 is 2.84 bits per heavy atom. The van der Waals surface area contributed by atoms with Gasteiger partial charge >= 0.3 is 0 Å². The van der Waals surface area contributed by atoms with Crippen LogP contribution < -0.4 is 15.0 Å². The van der Waals surface area contributed by atoms with Crippen LogP contribution in [0.25, 0.3) is 21.0 Å². The van der Waals surface area contributed by atoms with Crippen LogP contribution in [0.2, 0.25) is 0 Å². The van der Waals surface area contributed by atoms with E-state index >= 15 is 0 Å². The topological polar surface area (TPSA) is 65.7 Å². The average Bonchev–Trinajstić information content (AvgIpc) is 3.31. The summed E-state index contributed by atoms with van der Waals surface area (Å²) < 4.78 is 13.9. The van der Waals surface area contributed by atoms with E-state index in [1.165, 1.54) is 27.7 Å². The maximum atomic E-state index is 13.2. The predicted molar refractivity (Wildman–Crippen MR) is 152 cm³/mol. The number of nitrogens with zero attached hydrogens (tertiary/aromatic N) is 3. The molecule has 1 aliphatic carbocycles. The molecule has 0 spiro atoms. The number of benzene rings is 3. The normalized spacial score (nSPS) is 13.4. The van der Waals surface area contributed by atoms with Gasteiger partial charge in [0.25, 0.3) is 5.56 Å². The Morgan fingerprint density at radius 1 is 1.11 bits per heavy atom. The van der Waals surface area contributed by atoms with Gasteiger partial charge in [-0.1, -0.05) is 42.5 Å². The van der Waals surface area contributed by atoms with Crippen molar-refractivity contribution >= 4 is 54.5 Å². The van der Waals surface area contributed by atoms with Gasteiger partial charge < -0.3 is 9.47 Å². The molecule has 0 unspecified atom stereocenters. The van der Waals surface area contributed by atoms with Gasteiger partial charge in [0.2, 0.25) is 0 Å². The van der Waals surface area contributed by atoms with E-state index in [4.69, 9.17) is 9.47 Å². The van der Waals surface area contributed by atoms with E-state index in [1.54, 1.807) is 24.7 Å². The molecule has 0 aliphatic heterocycles. The number of thiophene rings is 1. The fraction of sp³-hybridized carbons (Fsp3) is 0.207. The van der Waals surface area contributed by atoms with Gasteiger partial charge in [-0.25, -0.2) is 4.98 Å². The smallest absolute Gasteiger partial charge is 0.282 e. The van der Waals surface area contributed by atoms with Crippen LogP contribution in [0.3, 0.4) is 0 Å².